The molecule has 0 spiro atoms. The van der Waals surface area contributed by atoms with E-state index in [4.69, 9.17) is 5.26 Å². The number of nitrogens with zero attached hydrogens (tertiary/aromatic N) is 3. The van der Waals surface area contributed by atoms with Gasteiger partial charge in [0.15, 0.2) is 0 Å². The van der Waals surface area contributed by atoms with E-state index >= 15 is 0 Å². The average Bonchev–Trinajstić information content (AvgIpc) is 2.92. The van der Waals surface area contributed by atoms with Crippen LogP contribution < -0.4 is 5.32 Å². The van der Waals surface area contributed by atoms with Crippen molar-refractivity contribution in [1.29, 1.82) is 5.26 Å². The molecule has 0 aliphatic heterocycles. The maximum Gasteiger partial charge on any atom is 0.110 e. The van der Waals surface area contributed by atoms with E-state index < -0.39 is 0 Å². The van der Waals surface area contributed by atoms with Crippen molar-refractivity contribution in [3.8, 4) is 6.07 Å². The highest BCUT2D eigenvalue weighted by Gasteiger charge is 2.06. The number of aromatic nitrogens is 2. The maximum atomic E-state index is 8.75. The van der Waals surface area contributed by atoms with Gasteiger partial charge in [-0.2, -0.15) is 10.4 Å². The van der Waals surface area contributed by atoms with Crippen molar-refractivity contribution in [2.24, 2.45) is 7.05 Å². The van der Waals surface area contributed by atoms with Gasteiger partial charge >= 0.3 is 0 Å². The molecule has 2 heterocycles. The molecule has 0 saturated carbocycles. The molecular formula is C12H14N4S. The minimum Gasteiger partial charge on any atom is -0.377 e. The molecule has 0 aromatic carbocycles. The zero-order chi connectivity index (χ0) is 12.3. The summed E-state index contributed by atoms with van der Waals surface area (Å²) < 4.78 is 1.82. The lowest BCUT2D eigenvalue weighted by atomic mass is 10.3. The van der Waals surface area contributed by atoms with E-state index in [1.807, 2.05) is 30.1 Å². The molecule has 4 nitrogen and oxygen atoms in total. The first-order valence-corrected chi connectivity index (χ1v) is 6.29. The number of nitrogens with one attached hydrogen (secondary N) is 1. The SMILES string of the molecule is CCc1nn(C)cc1NCc1ccc(C#N)s1. The Kier molecular flexibility index (Phi) is 3.45. The minimum atomic E-state index is 0.741. The standard InChI is InChI=1S/C12H14N4S/c1-3-11-12(8-16(2)15-11)14-7-10-5-4-9(6-13)17-10/h4-5,8,14H,3,7H2,1-2H3. The van der Waals surface area contributed by atoms with Crippen molar-refractivity contribution in [2.75, 3.05) is 5.32 Å². The molecule has 0 atom stereocenters. The molecule has 0 amide bonds. The fourth-order valence-corrected chi connectivity index (χ4v) is 2.40. The van der Waals surface area contributed by atoms with Gasteiger partial charge in [0, 0.05) is 24.7 Å². The fourth-order valence-electron chi connectivity index (χ4n) is 1.66. The van der Waals surface area contributed by atoms with Crippen LogP contribution in [0.3, 0.4) is 0 Å². The molecule has 2 aromatic heterocycles. The second kappa shape index (κ2) is 5.02. The first-order valence-electron chi connectivity index (χ1n) is 5.48. The molecule has 2 rings (SSSR count). The summed E-state index contributed by atoms with van der Waals surface area (Å²) in [6.07, 6.45) is 2.90. The van der Waals surface area contributed by atoms with Crippen LogP contribution in [0.2, 0.25) is 0 Å². The van der Waals surface area contributed by atoms with Gasteiger partial charge in [-0.1, -0.05) is 6.92 Å². The normalized spacial score (nSPS) is 10.2. The average molecular weight is 246 g/mol. The third-order valence-corrected chi connectivity index (χ3v) is 3.45. The van der Waals surface area contributed by atoms with Gasteiger partial charge in [-0.3, -0.25) is 4.68 Å². The predicted molar refractivity (Wildman–Crippen MR) is 68.9 cm³/mol. The summed E-state index contributed by atoms with van der Waals surface area (Å²) in [5.74, 6) is 0. The van der Waals surface area contributed by atoms with E-state index in [1.54, 1.807) is 0 Å². The van der Waals surface area contributed by atoms with Gasteiger partial charge in [-0.25, -0.2) is 0 Å². The molecule has 0 saturated heterocycles. The van der Waals surface area contributed by atoms with Gasteiger partial charge in [-0.15, -0.1) is 11.3 Å². The van der Waals surface area contributed by atoms with Crippen molar-refractivity contribution >= 4 is 17.0 Å². The molecule has 0 aliphatic rings. The van der Waals surface area contributed by atoms with Gasteiger partial charge in [0.2, 0.25) is 0 Å². The minimum absolute atomic E-state index is 0.741. The summed E-state index contributed by atoms with van der Waals surface area (Å²) in [5, 5.41) is 16.5. The van der Waals surface area contributed by atoms with E-state index in [0.29, 0.717) is 0 Å². The molecular weight excluding hydrogens is 232 g/mol. The van der Waals surface area contributed by atoms with Crippen LogP contribution in [0.1, 0.15) is 22.4 Å². The number of thiophene rings is 1. The summed E-state index contributed by atoms with van der Waals surface area (Å²) in [7, 11) is 1.92. The first kappa shape index (κ1) is 11.7. The second-order valence-corrected chi connectivity index (χ2v) is 4.92. The Morgan fingerprint density at radius 1 is 1.53 bits per heavy atom. The molecule has 0 bridgehead atoms. The molecule has 5 heteroatoms. The Hall–Kier alpha value is -1.80. The van der Waals surface area contributed by atoms with Crippen molar-refractivity contribution < 1.29 is 0 Å². The monoisotopic (exact) mass is 246 g/mol. The number of anilines is 1. The van der Waals surface area contributed by atoms with Crippen LogP contribution in [0, 0.1) is 11.3 Å². The Bertz CT molecular complexity index is 547. The molecule has 0 fully saturated rings. The van der Waals surface area contributed by atoms with E-state index in [9.17, 15) is 0 Å². The van der Waals surface area contributed by atoms with E-state index in [0.717, 1.165) is 34.1 Å². The van der Waals surface area contributed by atoms with Gasteiger partial charge in [0.25, 0.3) is 0 Å². The van der Waals surface area contributed by atoms with Crippen LogP contribution in [0.5, 0.6) is 0 Å². The summed E-state index contributed by atoms with van der Waals surface area (Å²) >= 11 is 1.52. The highest BCUT2D eigenvalue weighted by Crippen LogP contribution is 2.19. The zero-order valence-corrected chi connectivity index (χ0v) is 10.7. The van der Waals surface area contributed by atoms with E-state index in [2.05, 4.69) is 23.4 Å². The van der Waals surface area contributed by atoms with Gasteiger partial charge < -0.3 is 5.32 Å². The Morgan fingerprint density at radius 2 is 2.35 bits per heavy atom. The molecule has 17 heavy (non-hydrogen) atoms. The maximum absolute atomic E-state index is 8.75. The number of hydrogen-bond acceptors (Lipinski definition) is 4. The molecule has 88 valence electrons. The molecule has 0 unspecified atom stereocenters. The third kappa shape index (κ3) is 2.66. The zero-order valence-electron chi connectivity index (χ0n) is 9.90. The number of aryl methyl sites for hydroxylation is 2. The molecule has 1 N–H and O–H groups in total. The van der Waals surface area contributed by atoms with Crippen molar-refractivity contribution in [2.45, 2.75) is 19.9 Å². The highest BCUT2D eigenvalue weighted by atomic mass is 32.1. The van der Waals surface area contributed by atoms with Gasteiger partial charge in [0.05, 0.1) is 11.4 Å². The summed E-state index contributed by atoms with van der Waals surface area (Å²) in [6.45, 7) is 2.83. The van der Waals surface area contributed by atoms with Crippen LogP contribution >= 0.6 is 11.3 Å². The topological polar surface area (TPSA) is 53.6 Å². The summed E-state index contributed by atoms with van der Waals surface area (Å²) in [6, 6.07) is 5.98. The summed E-state index contributed by atoms with van der Waals surface area (Å²) in [4.78, 5) is 1.91. The van der Waals surface area contributed by atoms with Crippen molar-refractivity contribution in [1.82, 2.24) is 9.78 Å². The lowest BCUT2D eigenvalue weighted by molar-refractivity contribution is 0.746. The number of hydrogen-bond donors (Lipinski definition) is 1. The van der Waals surface area contributed by atoms with Gasteiger partial charge in [0.1, 0.15) is 10.9 Å². The van der Waals surface area contributed by atoms with Crippen LogP contribution in [0.25, 0.3) is 0 Å². The Labute approximate surface area is 105 Å². The Balaban J connectivity index is 2.04. The van der Waals surface area contributed by atoms with Crippen LogP contribution in [-0.4, -0.2) is 9.78 Å². The molecule has 2 aromatic rings. The summed E-state index contributed by atoms with van der Waals surface area (Å²) in [5.41, 5.74) is 2.14. The molecule has 0 aliphatic carbocycles. The molecule has 0 radical (unpaired) electrons. The first-order chi connectivity index (χ1) is 8.22. The predicted octanol–water partition coefficient (Wildman–Crippen LogP) is 2.53. The largest absolute Gasteiger partial charge is 0.377 e. The quantitative estimate of drug-likeness (QED) is 0.902. The van der Waals surface area contributed by atoms with Crippen molar-refractivity contribution in [3.63, 3.8) is 0 Å². The second-order valence-electron chi connectivity index (χ2n) is 3.75. The lowest BCUT2D eigenvalue weighted by Crippen LogP contribution is -1.98. The van der Waals surface area contributed by atoms with Crippen LogP contribution in [0.4, 0.5) is 5.69 Å². The van der Waals surface area contributed by atoms with Crippen molar-refractivity contribution in [3.05, 3.63) is 33.8 Å². The Morgan fingerprint density at radius 3 is 3.00 bits per heavy atom. The van der Waals surface area contributed by atoms with E-state index in [1.165, 1.54) is 11.3 Å². The smallest absolute Gasteiger partial charge is 0.110 e. The number of rotatable bonds is 4. The van der Waals surface area contributed by atoms with Crippen LogP contribution in [0.15, 0.2) is 18.3 Å². The van der Waals surface area contributed by atoms with Crippen LogP contribution in [-0.2, 0) is 20.0 Å². The third-order valence-electron chi connectivity index (χ3n) is 2.47. The van der Waals surface area contributed by atoms with Gasteiger partial charge in [-0.05, 0) is 18.6 Å². The lowest BCUT2D eigenvalue weighted by Gasteiger charge is -2.02. The fraction of sp³-hybridized carbons (Fsp3) is 0.333. The van der Waals surface area contributed by atoms with E-state index in [-0.39, 0.29) is 0 Å². The number of nitriles is 1. The highest BCUT2D eigenvalue weighted by molar-refractivity contribution is 7.12.